The van der Waals surface area contributed by atoms with Gasteiger partial charge in [0.2, 0.25) is 0 Å². The van der Waals surface area contributed by atoms with Crippen LogP contribution >= 0.6 is 11.3 Å². The largest absolute Gasteiger partial charge is 0.337 e. The van der Waals surface area contributed by atoms with Gasteiger partial charge in [-0.3, -0.25) is 14.7 Å². The number of carbonyl (C=O) groups excluding carboxylic acids is 2. The number of urea groups is 1. The van der Waals surface area contributed by atoms with E-state index in [0.29, 0.717) is 16.4 Å². The van der Waals surface area contributed by atoms with Crippen LogP contribution in [0.25, 0.3) is 0 Å². The van der Waals surface area contributed by atoms with E-state index in [2.05, 4.69) is 4.99 Å². The molecule has 20 heavy (non-hydrogen) atoms. The molecule has 2 aliphatic rings. The lowest BCUT2D eigenvalue weighted by molar-refractivity contribution is -0.116. The minimum atomic E-state index is -0.639. The third-order valence-corrected chi connectivity index (χ3v) is 4.22. The molecule has 98 valence electrons. The molecule has 3 amide bonds. The summed E-state index contributed by atoms with van der Waals surface area (Å²) >= 11 is 1.37. The Morgan fingerprint density at radius 3 is 2.75 bits per heavy atom. The van der Waals surface area contributed by atoms with Crippen LogP contribution in [0.5, 0.6) is 0 Å². The number of fused-ring (bicyclic) bond motifs is 3. The molecule has 3 heterocycles. The summed E-state index contributed by atoms with van der Waals surface area (Å²) in [6, 6.07) is 9.95. The van der Waals surface area contributed by atoms with E-state index in [-0.39, 0.29) is 11.9 Å². The summed E-state index contributed by atoms with van der Waals surface area (Å²) in [5.41, 5.74) is 1.38. The summed E-state index contributed by atoms with van der Waals surface area (Å²) in [5.74, 6) is -0.254. The number of aliphatic imine (C=N–C) groups is 1. The lowest BCUT2D eigenvalue weighted by atomic mass is 10.1. The molecule has 4 rings (SSSR count). The molecule has 1 aromatic heterocycles. The van der Waals surface area contributed by atoms with E-state index in [1.165, 1.54) is 27.4 Å². The SMILES string of the molecule is O=C1C2C=Nc3ccccc3N2C(=O)N1c1cccs1. The topological polar surface area (TPSA) is 53.0 Å². The number of imide groups is 1. The first-order chi connectivity index (χ1) is 9.77. The van der Waals surface area contributed by atoms with Gasteiger partial charge in [-0.15, -0.1) is 11.3 Å². The molecule has 0 N–H and O–H groups in total. The minimum Gasteiger partial charge on any atom is -0.274 e. The molecule has 1 unspecified atom stereocenters. The van der Waals surface area contributed by atoms with Crippen molar-refractivity contribution in [1.82, 2.24) is 0 Å². The van der Waals surface area contributed by atoms with Gasteiger partial charge in [0.05, 0.1) is 11.4 Å². The summed E-state index contributed by atoms with van der Waals surface area (Å²) < 4.78 is 0. The molecule has 0 aliphatic carbocycles. The zero-order chi connectivity index (χ0) is 13.7. The lowest BCUT2D eigenvalue weighted by Gasteiger charge is -2.24. The fourth-order valence-corrected chi connectivity index (χ4v) is 3.20. The van der Waals surface area contributed by atoms with Crippen molar-refractivity contribution in [2.45, 2.75) is 6.04 Å². The van der Waals surface area contributed by atoms with E-state index in [9.17, 15) is 9.59 Å². The Bertz CT molecular complexity index is 739. The van der Waals surface area contributed by atoms with Gasteiger partial charge in [0.1, 0.15) is 5.00 Å². The Balaban J connectivity index is 1.85. The molecule has 0 bridgehead atoms. The molecule has 0 radical (unpaired) electrons. The van der Waals surface area contributed by atoms with E-state index in [1.54, 1.807) is 6.07 Å². The monoisotopic (exact) mass is 283 g/mol. The second-order valence-electron chi connectivity index (χ2n) is 4.49. The summed E-state index contributed by atoms with van der Waals surface area (Å²) in [6.45, 7) is 0. The number of hydrogen-bond acceptors (Lipinski definition) is 4. The van der Waals surface area contributed by atoms with Gasteiger partial charge < -0.3 is 0 Å². The van der Waals surface area contributed by atoms with Gasteiger partial charge in [-0.25, -0.2) is 9.69 Å². The van der Waals surface area contributed by atoms with E-state index in [4.69, 9.17) is 0 Å². The zero-order valence-electron chi connectivity index (χ0n) is 10.3. The Kier molecular flexibility index (Phi) is 2.28. The number of nitrogens with zero attached hydrogens (tertiary/aromatic N) is 3. The van der Waals surface area contributed by atoms with Crippen LogP contribution in [0.2, 0.25) is 0 Å². The molecular formula is C14H9N3O2S. The molecule has 1 saturated heterocycles. The Hall–Kier alpha value is -2.47. The first-order valence-electron chi connectivity index (χ1n) is 6.11. The van der Waals surface area contributed by atoms with E-state index in [0.717, 1.165) is 0 Å². The van der Waals surface area contributed by atoms with Crippen molar-refractivity contribution < 1.29 is 9.59 Å². The standard InChI is InChI=1S/C14H9N3O2S/c18-13-11-8-15-9-4-1-2-5-10(9)16(11)14(19)17(13)12-6-3-7-20-12/h1-8,11H. The van der Waals surface area contributed by atoms with Crippen LogP contribution in [0, 0.1) is 0 Å². The summed E-state index contributed by atoms with van der Waals surface area (Å²) in [4.78, 5) is 32.0. The van der Waals surface area contributed by atoms with Crippen molar-refractivity contribution in [2.24, 2.45) is 4.99 Å². The molecule has 0 saturated carbocycles. The maximum atomic E-state index is 12.6. The summed E-state index contributed by atoms with van der Waals surface area (Å²) in [5, 5.41) is 2.48. The van der Waals surface area contributed by atoms with Crippen LogP contribution in [0.3, 0.4) is 0 Å². The van der Waals surface area contributed by atoms with Gasteiger partial charge in [0.25, 0.3) is 5.91 Å². The van der Waals surface area contributed by atoms with E-state index in [1.807, 2.05) is 35.7 Å². The van der Waals surface area contributed by atoms with Crippen LogP contribution in [0.15, 0.2) is 46.8 Å². The van der Waals surface area contributed by atoms with E-state index >= 15 is 0 Å². The Labute approximate surface area is 118 Å². The van der Waals surface area contributed by atoms with Crippen molar-refractivity contribution in [1.29, 1.82) is 0 Å². The quantitative estimate of drug-likeness (QED) is 0.756. The Morgan fingerprint density at radius 1 is 1.10 bits per heavy atom. The molecule has 2 aromatic rings. The number of para-hydroxylation sites is 2. The third kappa shape index (κ3) is 1.39. The molecular weight excluding hydrogens is 274 g/mol. The number of amides is 3. The minimum absolute atomic E-state index is 0.254. The average molecular weight is 283 g/mol. The zero-order valence-corrected chi connectivity index (χ0v) is 11.1. The molecule has 1 fully saturated rings. The highest BCUT2D eigenvalue weighted by atomic mass is 32.1. The predicted octanol–water partition coefficient (Wildman–Crippen LogP) is 2.81. The normalized spacial score (nSPS) is 20.3. The number of anilines is 2. The van der Waals surface area contributed by atoms with Crippen molar-refractivity contribution in [2.75, 3.05) is 9.80 Å². The lowest BCUT2D eigenvalue weighted by Crippen LogP contribution is -2.38. The van der Waals surface area contributed by atoms with Crippen LogP contribution in [0.1, 0.15) is 0 Å². The first kappa shape index (κ1) is 11.4. The highest BCUT2D eigenvalue weighted by Crippen LogP contribution is 2.38. The van der Waals surface area contributed by atoms with E-state index < -0.39 is 6.04 Å². The van der Waals surface area contributed by atoms with Crippen LogP contribution in [-0.4, -0.2) is 24.2 Å². The number of carbonyl (C=O) groups is 2. The second kappa shape index (κ2) is 4.01. The number of benzene rings is 1. The van der Waals surface area contributed by atoms with Crippen molar-refractivity contribution in [3.63, 3.8) is 0 Å². The molecule has 5 nitrogen and oxygen atoms in total. The van der Waals surface area contributed by atoms with Crippen molar-refractivity contribution in [3.8, 4) is 0 Å². The van der Waals surface area contributed by atoms with Gasteiger partial charge in [-0.2, -0.15) is 0 Å². The molecule has 1 aromatic carbocycles. The first-order valence-corrected chi connectivity index (χ1v) is 6.99. The van der Waals surface area contributed by atoms with Crippen LogP contribution < -0.4 is 9.80 Å². The van der Waals surface area contributed by atoms with Gasteiger partial charge in [0.15, 0.2) is 6.04 Å². The summed E-state index contributed by atoms with van der Waals surface area (Å²) in [6.07, 6.45) is 1.54. The smallest absolute Gasteiger partial charge is 0.274 e. The fraction of sp³-hybridized carbons (Fsp3) is 0.0714. The fourth-order valence-electron chi connectivity index (χ4n) is 2.47. The maximum absolute atomic E-state index is 12.6. The number of rotatable bonds is 1. The average Bonchev–Trinajstić information content (AvgIpc) is 3.07. The highest BCUT2D eigenvalue weighted by Gasteiger charge is 2.48. The van der Waals surface area contributed by atoms with Gasteiger partial charge >= 0.3 is 6.03 Å². The van der Waals surface area contributed by atoms with Gasteiger partial charge in [0, 0.05) is 6.21 Å². The Morgan fingerprint density at radius 2 is 1.95 bits per heavy atom. The highest BCUT2D eigenvalue weighted by molar-refractivity contribution is 7.14. The number of thiophene rings is 1. The van der Waals surface area contributed by atoms with Gasteiger partial charge in [-0.05, 0) is 29.6 Å². The molecule has 1 atom stereocenters. The van der Waals surface area contributed by atoms with Gasteiger partial charge in [-0.1, -0.05) is 12.1 Å². The van der Waals surface area contributed by atoms with Crippen LogP contribution in [-0.2, 0) is 4.79 Å². The predicted molar refractivity (Wildman–Crippen MR) is 78.1 cm³/mol. The summed E-state index contributed by atoms with van der Waals surface area (Å²) in [7, 11) is 0. The van der Waals surface area contributed by atoms with Crippen LogP contribution in [0.4, 0.5) is 21.2 Å². The molecule has 2 aliphatic heterocycles. The van der Waals surface area contributed by atoms with Crippen molar-refractivity contribution in [3.05, 3.63) is 41.8 Å². The second-order valence-corrected chi connectivity index (χ2v) is 5.42. The third-order valence-electron chi connectivity index (χ3n) is 3.37. The van der Waals surface area contributed by atoms with Crippen molar-refractivity contribution >= 4 is 45.9 Å². The maximum Gasteiger partial charge on any atom is 0.337 e. The molecule has 6 heteroatoms. The molecule has 0 spiro atoms. The number of hydrogen-bond donors (Lipinski definition) is 0.